The van der Waals surface area contributed by atoms with Crippen molar-refractivity contribution in [3.8, 4) is 0 Å². The molecule has 2 nitrogen and oxygen atoms in total. The maximum Gasteiger partial charge on any atom is 0.234 e. The van der Waals surface area contributed by atoms with Gasteiger partial charge in [0.2, 0.25) is 5.91 Å². The van der Waals surface area contributed by atoms with E-state index in [4.69, 9.17) is 11.6 Å². The predicted molar refractivity (Wildman–Crippen MR) is 94.5 cm³/mol. The molecular formula is C16H16ClNOS2. The number of hydrogen-bond donors (Lipinski definition) is 1. The summed E-state index contributed by atoms with van der Waals surface area (Å²) in [5.74, 6) is 1.26. The minimum absolute atomic E-state index is 0.0236. The quantitative estimate of drug-likeness (QED) is 0.757. The van der Waals surface area contributed by atoms with Crippen LogP contribution >= 0.6 is 35.1 Å². The van der Waals surface area contributed by atoms with Crippen molar-refractivity contribution >= 4 is 46.7 Å². The Balaban J connectivity index is 1.81. The molecule has 0 aromatic heterocycles. The lowest BCUT2D eigenvalue weighted by atomic mass is 10.2. The summed E-state index contributed by atoms with van der Waals surface area (Å²) in [7, 11) is 0. The van der Waals surface area contributed by atoms with E-state index in [1.807, 2.05) is 54.8 Å². The van der Waals surface area contributed by atoms with E-state index >= 15 is 0 Å². The lowest BCUT2D eigenvalue weighted by Crippen LogP contribution is -2.14. The number of halogens is 1. The average molecular weight is 338 g/mol. The maximum absolute atomic E-state index is 12.0. The second kappa shape index (κ2) is 8.37. The third-order valence-electron chi connectivity index (χ3n) is 2.80. The van der Waals surface area contributed by atoms with Crippen LogP contribution < -0.4 is 5.32 Å². The van der Waals surface area contributed by atoms with E-state index < -0.39 is 0 Å². The van der Waals surface area contributed by atoms with Gasteiger partial charge < -0.3 is 5.32 Å². The molecule has 0 fully saturated rings. The molecule has 2 aromatic rings. The molecule has 0 aliphatic rings. The second-order valence-corrected chi connectivity index (χ2v) is 6.64. The second-order valence-electron chi connectivity index (χ2n) is 4.37. The number of amides is 1. The number of carbonyl (C=O) groups is 1. The van der Waals surface area contributed by atoms with Gasteiger partial charge in [-0.1, -0.05) is 35.9 Å². The number of hydrogen-bond acceptors (Lipinski definition) is 3. The first kappa shape index (κ1) is 16.3. The van der Waals surface area contributed by atoms with Gasteiger partial charge in [-0.3, -0.25) is 4.79 Å². The maximum atomic E-state index is 12.0. The number of rotatable bonds is 6. The minimum atomic E-state index is 0.0236. The zero-order chi connectivity index (χ0) is 15.1. The van der Waals surface area contributed by atoms with E-state index in [2.05, 4.69) is 5.32 Å². The van der Waals surface area contributed by atoms with Crippen LogP contribution in [0.2, 0.25) is 5.02 Å². The number of nitrogens with one attached hydrogen (secondary N) is 1. The van der Waals surface area contributed by atoms with Gasteiger partial charge in [0, 0.05) is 15.7 Å². The van der Waals surface area contributed by atoms with Gasteiger partial charge in [-0.2, -0.15) is 0 Å². The molecule has 0 bridgehead atoms. The monoisotopic (exact) mass is 337 g/mol. The first-order valence-electron chi connectivity index (χ1n) is 6.44. The number of carbonyl (C=O) groups excluding carboxylic acids is 1. The van der Waals surface area contributed by atoms with Gasteiger partial charge in [-0.15, -0.1) is 23.5 Å². The van der Waals surface area contributed by atoms with Crippen molar-refractivity contribution in [3.05, 3.63) is 59.1 Å². The van der Waals surface area contributed by atoms with Gasteiger partial charge in [-0.05, 0) is 36.1 Å². The van der Waals surface area contributed by atoms with Crippen molar-refractivity contribution in [2.45, 2.75) is 10.6 Å². The van der Waals surface area contributed by atoms with Crippen molar-refractivity contribution in [2.24, 2.45) is 0 Å². The Morgan fingerprint density at radius 1 is 1.14 bits per heavy atom. The van der Waals surface area contributed by atoms with Gasteiger partial charge in [0.15, 0.2) is 0 Å². The summed E-state index contributed by atoms with van der Waals surface area (Å²) in [5.41, 5.74) is 2.05. The van der Waals surface area contributed by atoms with E-state index in [9.17, 15) is 4.79 Å². The molecule has 0 saturated heterocycles. The third kappa shape index (κ3) is 5.30. The third-order valence-corrected chi connectivity index (χ3v) is 4.85. The van der Waals surface area contributed by atoms with Crippen LogP contribution in [-0.4, -0.2) is 17.9 Å². The van der Waals surface area contributed by atoms with Crippen molar-refractivity contribution in [1.29, 1.82) is 0 Å². The summed E-state index contributed by atoms with van der Waals surface area (Å²) >= 11 is 9.06. The van der Waals surface area contributed by atoms with Crippen molar-refractivity contribution < 1.29 is 4.79 Å². The number of benzene rings is 2. The summed E-state index contributed by atoms with van der Waals surface area (Å²) in [6, 6.07) is 15.5. The number of thioether (sulfide) groups is 2. The average Bonchev–Trinajstić information content (AvgIpc) is 2.50. The Morgan fingerprint density at radius 3 is 2.57 bits per heavy atom. The first-order valence-corrected chi connectivity index (χ1v) is 9.20. The molecule has 0 atom stereocenters. The van der Waals surface area contributed by atoms with Crippen molar-refractivity contribution in [2.75, 3.05) is 17.3 Å². The highest BCUT2D eigenvalue weighted by Gasteiger charge is 2.06. The van der Waals surface area contributed by atoms with Crippen LogP contribution in [0.25, 0.3) is 0 Å². The van der Waals surface area contributed by atoms with Gasteiger partial charge >= 0.3 is 0 Å². The molecule has 0 saturated carbocycles. The highest BCUT2D eigenvalue weighted by molar-refractivity contribution is 7.99. The van der Waals surface area contributed by atoms with Crippen LogP contribution in [0, 0.1) is 0 Å². The Hall–Kier alpha value is -1.10. The number of para-hydroxylation sites is 1. The minimum Gasteiger partial charge on any atom is -0.324 e. The first-order chi connectivity index (χ1) is 10.2. The zero-order valence-electron chi connectivity index (χ0n) is 11.6. The molecule has 2 rings (SSSR count). The standard InChI is InChI=1S/C16H16ClNOS2/c1-20-15-5-3-2-4-14(15)18-16(19)11-21-10-12-6-8-13(17)9-7-12/h2-9H,10-11H2,1H3,(H,18,19). The molecule has 0 radical (unpaired) electrons. The lowest BCUT2D eigenvalue weighted by molar-refractivity contribution is -0.113. The highest BCUT2D eigenvalue weighted by Crippen LogP contribution is 2.25. The molecule has 1 amide bonds. The summed E-state index contributed by atoms with van der Waals surface area (Å²) in [5, 5.41) is 3.69. The molecule has 0 aliphatic heterocycles. The van der Waals surface area contributed by atoms with Crippen LogP contribution in [-0.2, 0) is 10.5 Å². The van der Waals surface area contributed by atoms with Gasteiger partial charge in [0.1, 0.15) is 0 Å². The summed E-state index contributed by atoms with van der Waals surface area (Å²) < 4.78 is 0. The van der Waals surface area contributed by atoms with E-state index in [1.54, 1.807) is 23.5 Å². The predicted octanol–water partition coefficient (Wildman–Crippen LogP) is 4.93. The number of anilines is 1. The molecule has 5 heteroatoms. The van der Waals surface area contributed by atoms with Crippen LogP contribution in [0.1, 0.15) is 5.56 Å². The topological polar surface area (TPSA) is 29.1 Å². The summed E-state index contributed by atoms with van der Waals surface area (Å²) in [6.07, 6.45) is 2.00. The fraction of sp³-hybridized carbons (Fsp3) is 0.188. The Labute approximate surface area is 138 Å². The molecule has 1 N–H and O–H groups in total. The molecule has 21 heavy (non-hydrogen) atoms. The van der Waals surface area contributed by atoms with Crippen LogP contribution in [0.3, 0.4) is 0 Å². The molecule has 0 unspecified atom stereocenters. The van der Waals surface area contributed by atoms with Crippen LogP contribution in [0.5, 0.6) is 0 Å². The molecule has 0 aliphatic carbocycles. The van der Waals surface area contributed by atoms with E-state index in [-0.39, 0.29) is 5.91 Å². The van der Waals surface area contributed by atoms with E-state index in [0.717, 1.165) is 21.4 Å². The van der Waals surface area contributed by atoms with E-state index in [1.165, 1.54) is 5.56 Å². The Bertz CT molecular complexity index is 601. The molecule has 2 aromatic carbocycles. The molecular weight excluding hydrogens is 322 g/mol. The zero-order valence-corrected chi connectivity index (χ0v) is 14.0. The SMILES string of the molecule is CSc1ccccc1NC(=O)CSCc1ccc(Cl)cc1. The van der Waals surface area contributed by atoms with Gasteiger partial charge in [0.05, 0.1) is 11.4 Å². The van der Waals surface area contributed by atoms with E-state index in [0.29, 0.717) is 5.75 Å². The Kier molecular flexibility index (Phi) is 6.49. The Morgan fingerprint density at radius 2 is 1.86 bits per heavy atom. The fourth-order valence-electron chi connectivity index (χ4n) is 1.78. The van der Waals surface area contributed by atoms with Crippen molar-refractivity contribution in [1.82, 2.24) is 0 Å². The molecule has 0 heterocycles. The molecule has 110 valence electrons. The van der Waals surface area contributed by atoms with Gasteiger partial charge in [0.25, 0.3) is 0 Å². The van der Waals surface area contributed by atoms with Gasteiger partial charge in [-0.25, -0.2) is 0 Å². The normalized spacial score (nSPS) is 10.4. The summed E-state index contributed by atoms with van der Waals surface area (Å²) in [6.45, 7) is 0. The molecule has 0 spiro atoms. The fourth-order valence-corrected chi connectivity index (χ4v) is 3.24. The van der Waals surface area contributed by atoms with Crippen LogP contribution in [0.4, 0.5) is 5.69 Å². The highest BCUT2D eigenvalue weighted by atomic mass is 35.5. The van der Waals surface area contributed by atoms with Crippen molar-refractivity contribution in [3.63, 3.8) is 0 Å². The smallest absolute Gasteiger partial charge is 0.234 e. The summed E-state index contributed by atoms with van der Waals surface area (Å²) in [4.78, 5) is 13.0. The lowest BCUT2D eigenvalue weighted by Gasteiger charge is -2.09. The van der Waals surface area contributed by atoms with Crippen LogP contribution in [0.15, 0.2) is 53.4 Å². The largest absolute Gasteiger partial charge is 0.324 e.